The summed E-state index contributed by atoms with van der Waals surface area (Å²) in [6, 6.07) is 7.78. The van der Waals surface area contributed by atoms with Crippen LogP contribution < -0.4 is 0 Å². The molecule has 0 saturated heterocycles. The SMILES string of the molecule is Cn1c(C(=O)c2ccc(C(C)(C)C)cc2)cnc1Br. The van der Waals surface area contributed by atoms with Crippen molar-refractivity contribution in [3.63, 3.8) is 0 Å². The molecule has 0 aliphatic rings. The zero-order valence-corrected chi connectivity index (χ0v) is 13.2. The summed E-state index contributed by atoms with van der Waals surface area (Å²) in [6.45, 7) is 6.46. The molecule has 1 aromatic heterocycles. The van der Waals surface area contributed by atoms with Crippen LogP contribution in [0.2, 0.25) is 0 Å². The minimum atomic E-state index is -0.0128. The number of benzene rings is 1. The fourth-order valence-electron chi connectivity index (χ4n) is 1.87. The number of hydrogen-bond acceptors (Lipinski definition) is 2. The van der Waals surface area contributed by atoms with Crippen LogP contribution in [0.25, 0.3) is 0 Å². The Kier molecular flexibility index (Phi) is 3.63. The molecule has 0 unspecified atom stereocenters. The standard InChI is InChI=1S/C15H17BrN2O/c1-15(2,3)11-7-5-10(6-8-11)13(19)12-9-17-14(16)18(12)4/h5-9H,1-4H3. The number of rotatable bonds is 2. The molecule has 0 radical (unpaired) electrons. The molecule has 0 aliphatic carbocycles. The van der Waals surface area contributed by atoms with Crippen molar-refractivity contribution < 1.29 is 4.79 Å². The van der Waals surface area contributed by atoms with Gasteiger partial charge in [-0.15, -0.1) is 0 Å². The van der Waals surface area contributed by atoms with E-state index in [-0.39, 0.29) is 11.2 Å². The average molecular weight is 321 g/mol. The van der Waals surface area contributed by atoms with Crippen LogP contribution in [0.3, 0.4) is 0 Å². The van der Waals surface area contributed by atoms with Crippen molar-refractivity contribution >= 4 is 21.7 Å². The van der Waals surface area contributed by atoms with E-state index in [2.05, 4.69) is 41.7 Å². The van der Waals surface area contributed by atoms with E-state index in [0.29, 0.717) is 16.0 Å². The van der Waals surface area contributed by atoms with Crippen molar-refractivity contribution in [3.8, 4) is 0 Å². The van der Waals surface area contributed by atoms with Crippen LogP contribution in [0.15, 0.2) is 35.2 Å². The van der Waals surface area contributed by atoms with Gasteiger partial charge in [-0.2, -0.15) is 0 Å². The van der Waals surface area contributed by atoms with Crippen molar-refractivity contribution in [1.82, 2.24) is 9.55 Å². The molecule has 0 saturated carbocycles. The Morgan fingerprint density at radius 3 is 2.21 bits per heavy atom. The lowest BCUT2D eigenvalue weighted by Gasteiger charge is -2.18. The van der Waals surface area contributed by atoms with Crippen molar-refractivity contribution in [2.24, 2.45) is 7.05 Å². The molecule has 0 bridgehead atoms. The number of carbonyl (C=O) groups excluding carboxylic acids is 1. The second-order valence-electron chi connectivity index (χ2n) is 5.63. The van der Waals surface area contributed by atoms with Crippen LogP contribution in [0.5, 0.6) is 0 Å². The topological polar surface area (TPSA) is 34.9 Å². The summed E-state index contributed by atoms with van der Waals surface area (Å²) in [5.41, 5.74) is 2.58. The molecule has 3 nitrogen and oxygen atoms in total. The zero-order valence-electron chi connectivity index (χ0n) is 11.6. The summed E-state index contributed by atoms with van der Waals surface area (Å²) in [5, 5.41) is 0. The normalized spacial score (nSPS) is 11.6. The van der Waals surface area contributed by atoms with Crippen LogP contribution >= 0.6 is 15.9 Å². The van der Waals surface area contributed by atoms with Crippen molar-refractivity contribution in [1.29, 1.82) is 0 Å². The van der Waals surface area contributed by atoms with E-state index in [4.69, 9.17) is 0 Å². The van der Waals surface area contributed by atoms with E-state index >= 15 is 0 Å². The summed E-state index contributed by atoms with van der Waals surface area (Å²) < 4.78 is 2.39. The molecule has 0 spiro atoms. The molecule has 0 fully saturated rings. The van der Waals surface area contributed by atoms with Crippen LogP contribution in [-0.2, 0) is 12.5 Å². The molecule has 2 aromatic rings. The third-order valence-electron chi connectivity index (χ3n) is 3.18. The number of ketones is 1. The predicted octanol–water partition coefficient (Wildman–Crippen LogP) is 3.71. The molecular weight excluding hydrogens is 304 g/mol. The molecule has 0 N–H and O–H groups in total. The summed E-state index contributed by atoms with van der Waals surface area (Å²) in [5.74, 6) is -0.0128. The highest BCUT2D eigenvalue weighted by molar-refractivity contribution is 9.10. The molecular formula is C15H17BrN2O. The largest absolute Gasteiger partial charge is 0.319 e. The predicted molar refractivity (Wildman–Crippen MR) is 79.5 cm³/mol. The maximum atomic E-state index is 12.4. The van der Waals surface area contributed by atoms with Gasteiger partial charge in [-0.3, -0.25) is 4.79 Å². The number of hydrogen-bond donors (Lipinski definition) is 0. The molecule has 1 aromatic carbocycles. The van der Waals surface area contributed by atoms with Gasteiger partial charge in [0.05, 0.1) is 6.20 Å². The van der Waals surface area contributed by atoms with E-state index in [1.54, 1.807) is 10.8 Å². The Bertz CT molecular complexity index is 606. The van der Waals surface area contributed by atoms with Gasteiger partial charge < -0.3 is 4.57 Å². The van der Waals surface area contributed by atoms with E-state index < -0.39 is 0 Å². The number of halogens is 1. The molecule has 2 rings (SSSR count). The first-order valence-electron chi connectivity index (χ1n) is 6.13. The fourth-order valence-corrected chi connectivity index (χ4v) is 2.16. The number of aromatic nitrogens is 2. The molecule has 100 valence electrons. The van der Waals surface area contributed by atoms with Gasteiger partial charge in [0.2, 0.25) is 5.78 Å². The quantitative estimate of drug-likeness (QED) is 0.790. The van der Waals surface area contributed by atoms with Crippen molar-refractivity contribution in [2.45, 2.75) is 26.2 Å². The van der Waals surface area contributed by atoms with Crippen LogP contribution in [0, 0.1) is 0 Å². The molecule has 0 atom stereocenters. The van der Waals surface area contributed by atoms with E-state index in [0.717, 1.165) is 0 Å². The first-order valence-corrected chi connectivity index (χ1v) is 6.92. The van der Waals surface area contributed by atoms with Gasteiger partial charge in [-0.05, 0) is 26.9 Å². The third-order valence-corrected chi connectivity index (χ3v) is 3.91. The smallest absolute Gasteiger partial charge is 0.211 e. The van der Waals surface area contributed by atoms with Crippen LogP contribution in [0.4, 0.5) is 0 Å². The van der Waals surface area contributed by atoms with Crippen molar-refractivity contribution in [2.75, 3.05) is 0 Å². The van der Waals surface area contributed by atoms with Gasteiger partial charge in [0.25, 0.3) is 0 Å². The minimum absolute atomic E-state index is 0.0128. The zero-order chi connectivity index (χ0) is 14.2. The summed E-state index contributed by atoms with van der Waals surface area (Å²) in [7, 11) is 1.81. The first-order chi connectivity index (χ1) is 8.80. The molecule has 0 amide bonds. The highest BCUT2D eigenvalue weighted by Gasteiger charge is 2.17. The van der Waals surface area contributed by atoms with Gasteiger partial charge in [-0.1, -0.05) is 45.0 Å². The monoisotopic (exact) mass is 320 g/mol. The minimum Gasteiger partial charge on any atom is -0.319 e. The molecule has 0 aliphatic heterocycles. The highest BCUT2D eigenvalue weighted by Crippen LogP contribution is 2.23. The second kappa shape index (κ2) is 4.93. The van der Waals surface area contributed by atoms with Crippen molar-refractivity contribution in [3.05, 3.63) is 52.0 Å². The van der Waals surface area contributed by atoms with Gasteiger partial charge in [0.15, 0.2) is 4.73 Å². The lowest BCUT2D eigenvalue weighted by Crippen LogP contribution is -2.12. The number of imidazole rings is 1. The van der Waals surface area contributed by atoms with Gasteiger partial charge >= 0.3 is 0 Å². The Labute approximate surface area is 121 Å². The number of nitrogens with zero attached hydrogens (tertiary/aromatic N) is 2. The highest BCUT2D eigenvalue weighted by atomic mass is 79.9. The Hall–Kier alpha value is -1.42. The molecule has 19 heavy (non-hydrogen) atoms. The fraction of sp³-hybridized carbons (Fsp3) is 0.333. The van der Waals surface area contributed by atoms with E-state index in [1.165, 1.54) is 5.56 Å². The van der Waals surface area contributed by atoms with Gasteiger partial charge in [0.1, 0.15) is 5.69 Å². The van der Waals surface area contributed by atoms with E-state index in [9.17, 15) is 4.79 Å². The first kappa shape index (κ1) is 14.0. The van der Waals surface area contributed by atoms with Gasteiger partial charge in [0, 0.05) is 12.6 Å². The lowest BCUT2D eigenvalue weighted by molar-refractivity contribution is 0.103. The summed E-state index contributed by atoms with van der Waals surface area (Å²) in [4.78, 5) is 16.4. The van der Waals surface area contributed by atoms with Crippen LogP contribution in [0.1, 0.15) is 42.4 Å². The molecule has 1 heterocycles. The van der Waals surface area contributed by atoms with E-state index in [1.807, 2.05) is 31.3 Å². The molecule has 4 heteroatoms. The summed E-state index contributed by atoms with van der Waals surface area (Å²) >= 11 is 3.29. The Balaban J connectivity index is 2.33. The maximum absolute atomic E-state index is 12.4. The van der Waals surface area contributed by atoms with Gasteiger partial charge in [-0.25, -0.2) is 4.98 Å². The maximum Gasteiger partial charge on any atom is 0.211 e. The average Bonchev–Trinajstić information content (AvgIpc) is 2.68. The third kappa shape index (κ3) is 2.78. The summed E-state index contributed by atoms with van der Waals surface area (Å²) in [6.07, 6.45) is 1.59. The Morgan fingerprint density at radius 2 is 1.79 bits per heavy atom. The number of carbonyl (C=O) groups is 1. The lowest BCUT2D eigenvalue weighted by atomic mass is 9.86. The second-order valence-corrected chi connectivity index (χ2v) is 6.34. The Morgan fingerprint density at radius 1 is 1.21 bits per heavy atom. The van der Waals surface area contributed by atoms with Crippen LogP contribution in [-0.4, -0.2) is 15.3 Å².